The second-order valence-corrected chi connectivity index (χ2v) is 3.22. The molecule has 0 radical (unpaired) electrons. The molecule has 5 nitrogen and oxygen atoms in total. The van der Waals surface area contributed by atoms with Crippen LogP contribution in [0.4, 0.5) is 5.00 Å². The average molecular weight is 193 g/mol. The summed E-state index contributed by atoms with van der Waals surface area (Å²) in [7, 11) is 0. The fourth-order valence-electron chi connectivity index (χ4n) is 0.752. The van der Waals surface area contributed by atoms with Crippen molar-refractivity contribution in [1.82, 2.24) is 0 Å². The summed E-state index contributed by atoms with van der Waals surface area (Å²) < 4.78 is 0. The molecule has 0 N–H and O–H groups in total. The molecule has 0 spiro atoms. The van der Waals surface area contributed by atoms with Crippen molar-refractivity contribution in [3.8, 4) is 12.1 Å². The zero-order valence-electron chi connectivity index (χ0n) is 6.30. The Bertz CT molecular complexity index is 398. The van der Waals surface area contributed by atoms with E-state index in [1.807, 2.05) is 0 Å². The van der Waals surface area contributed by atoms with E-state index in [2.05, 4.69) is 0 Å². The Balaban J connectivity index is 3.00. The third kappa shape index (κ3) is 1.81. The molecule has 0 aliphatic carbocycles. The Morgan fingerprint density at radius 2 is 2.08 bits per heavy atom. The lowest BCUT2D eigenvalue weighted by Gasteiger charge is -1.89. The lowest BCUT2D eigenvalue weighted by Crippen LogP contribution is -1.85. The highest BCUT2D eigenvalue weighted by molar-refractivity contribution is 7.15. The molecule has 13 heavy (non-hydrogen) atoms. The van der Waals surface area contributed by atoms with E-state index in [9.17, 15) is 10.1 Å². The van der Waals surface area contributed by atoms with E-state index in [-0.39, 0.29) is 5.00 Å². The van der Waals surface area contributed by atoms with Crippen LogP contribution < -0.4 is 0 Å². The van der Waals surface area contributed by atoms with E-state index in [1.165, 1.54) is 12.1 Å². The zero-order valence-corrected chi connectivity index (χ0v) is 7.11. The van der Waals surface area contributed by atoms with Crippen molar-refractivity contribution in [2.24, 2.45) is 0 Å². The minimum absolute atomic E-state index is 0.0505. The maximum Gasteiger partial charge on any atom is 0.324 e. The summed E-state index contributed by atoms with van der Waals surface area (Å²) >= 11 is 0.854. The van der Waals surface area contributed by atoms with Gasteiger partial charge in [0.05, 0.1) is 17.1 Å². The fraction of sp³-hybridized carbons (Fsp3) is 0.143. The summed E-state index contributed by atoms with van der Waals surface area (Å²) in [5.74, 6) is -0.904. The van der Waals surface area contributed by atoms with Crippen molar-refractivity contribution >= 4 is 16.3 Å². The van der Waals surface area contributed by atoms with E-state index in [0.717, 1.165) is 11.3 Å². The second-order valence-electron chi connectivity index (χ2n) is 2.12. The van der Waals surface area contributed by atoms with E-state index >= 15 is 0 Å². The van der Waals surface area contributed by atoms with Crippen LogP contribution in [0.2, 0.25) is 0 Å². The molecule has 1 aromatic rings. The Morgan fingerprint density at radius 1 is 1.46 bits per heavy atom. The Labute approximate surface area is 77.6 Å². The lowest BCUT2D eigenvalue weighted by molar-refractivity contribution is -0.380. The van der Waals surface area contributed by atoms with Gasteiger partial charge in [0.2, 0.25) is 0 Å². The second kappa shape index (κ2) is 3.65. The van der Waals surface area contributed by atoms with Crippen molar-refractivity contribution in [2.45, 2.75) is 5.92 Å². The van der Waals surface area contributed by atoms with E-state index < -0.39 is 10.8 Å². The third-order valence-corrected chi connectivity index (χ3v) is 2.44. The predicted octanol–water partition coefficient (Wildman–Crippen LogP) is 1.79. The van der Waals surface area contributed by atoms with Gasteiger partial charge in [-0.2, -0.15) is 10.5 Å². The molecule has 1 rings (SSSR count). The molecule has 1 aromatic heterocycles. The fourth-order valence-corrected chi connectivity index (χ4v) is 1.56. The Morgan fingerprint density at radius 3 is 2.46 bits per heavy atom. The molecule has 0 aliphatic heterocycles. The molecule has 64 valence electrons. The smallest absolute Gasteiger partial charge is 0.258 e. The first kappa shape index (κ1) is 9.17. The molecule has 0 atom stereocenters. The number of nitro groups is 1. The summed E-state index contributed by atoms with van der Waals surface area (Å²) in [5, 5.41) is 27.2. The highest BCUT2D eigenvalue weighted by atomic mass is 32.1. The largest absolute Gasteiger partial charge is 0.324 e. The first-order valence-corrected chi connectivity index (χ1v) is 4.04. The van der Waals surface area contributed by atoms with Gasteiger partial charge in [-0.1, -0.05) is 11.3 Å². The molecule has 0 fully saturated rings. The van der Waals surface area contributed by atoms with Crippen molar-refractivity contribution in [1.29, 1.82) is 10.5 Å². The van der Waals surface area contributed by atoms with Crippen LogP contribution in [0, 0.1) is 32.8 Å². The lowest BCUT2D eigenvalue weighted by atomic mass is 10.2. The minimum Gasteiger partial charge on any atom is -0.258 e. The molecule has 0 amide bonds. The average Bonchev–Trinajstić information content (AvgIpc) is 2.56. The molecule has 0 bridgehead atoms. The van der Waals surface area contributed by atoms with Gasteiger partial charge in [0.15, 0.2) is 5.92 Å². The molecule has 0 aromatic carbocycles. The molecule has 0 saturated carbocycles. The van der Waals surface area contributed by atoms with Gasteiger partial charge in [0, 0.05) is 10.9 Å². The van der Waals surface area contributed by atoms with Crippen LogP contribution in [-0.2, 0) is 0 Å². The zero-order chi connectivity index (χ0) is 9.84. The third-order valence-electron chi connectivity index (χ3n) is 1.34. The first-order valence-electron chi connectivity index (χ1n) is 3.22. The molecular weight excluding hydrogens is 190 g/mol. The van der Waals surface area contributed by atoms with Gasteiger partial charge in [0.1, 0.15) is 0 Å². The molecule has 0 unspecified atom stereocenters. The van der Waals surface area contributed by atoms with Crippen LogP contribution in [0.5, 0.6) is 0 Å². The summed E-state index contributed by atoms with van der Waals surface area (Å²) in [6, 6.07) is 6.22. The van der Waals surface area contributed by atoms with E-state index in [0.29, 0.717) is 4.88 Å². The van der Waals surface area contributed by atoms with Crippen molar-refractivity contribution in [2.75, 3.05) is 0 Å². The van der Waals surface area contributed by atoms with Gasteiger partial charge in [-0.05, 0) is 6.07 Å². The number of nitrogens with zero attached hydrogens (tertiary/aromatic N) is 3. The van der Waals surface area contributed by atoms with E-state index in [1.54, 1.807) is 12.1 Å². The maximum atomic E-state index is 10.3. The number of hydrogen-bond donors (Lipinski definition) is 0. The molecule has 6 heteroatoms. The normalized spacial score (nSPS) is 9.15. The molecule has 0 saturated heterocycles. The van der Waals surface area contributed by atoms with Crippen LogP contribution in [-0.4, -0.2) is 4.92 Å². The van der Waals surface area contributed by atoms with Crippen LogP contribution in [0.3, 0.4) is 0 Å². The Hall–Kier alpha value is -1.92. The SMILES string of the molecule is N#CC(C#N)c1ccc([N+](=O)[O-])s1. The predicted molar refractivity (Wildman–Crippen MR) is 44.9 cm³/mol. The maximum absolute atomic E-state index is 10.3. The van der Waals surface area contributed by atoms with Crippen LogP contribution in [0.15, 0.2) is 12.1 Å². The van der Waals surface area contributed by atoms with Crippen molar-refractivity contribution in [3.05, 3.63) is 27.1 Å². The number of rotatable bonds is 2. The highest BCUT2D eigenvalue weighted by Gasteiger charge is 2.16. The topological polar surface area (TPSA) is 90.7 Å². The number of hydrogen-bond acceptors (Lipinski definition) is 5. The number of thiophene rings is 1. The Kier molecular flexibility index (Phi) is 2.58. The number of nitriles is 2. The van der Waals surface area contributed by atoms with Gasteiger partial charge in [-0.25, -0.2) is 0 Å². The standard InChI is InChI=1S/C7H3N3O2S/c8-3-5(4-9)6-1-2-7(13-6)10(11)12/h1-2,5H. The van der Waals surface area contributed by atoms with Crippen molar-refractivity contribution < 1.29 is 4.92 Å². The summed E-state index contributed by atoms with van der Waals surface area (Å²) in [4.78, 5) is 10.1. The summed E-state index contributed by atoms with van der Waals surface area (Å²) in [6.07, 6.45) is 0. The van der Waals surface area contributed by atoms with Crippen LogP contribution >= 0.6 is 11.3 Å². The quantitative estimate of drug-likeness (QED) is 0.528. The summed E-state index contributed by atoms with van der Waals surface area (Å²) in [5.41, 5.74) is 0. The summed E-state index contributed by atoms with van der Waals surface area (Å²) in [6.45, 7) is 0. The highest BCUT2D eigenvalue weighted by Crippen LogP contribution is 2.29. The van der Waals surface area contributed by atoms with Crippen LogP contribution in [0.1, 0.15) is 10.8 Å². The monoisotopic (exact) mass is 193 g/mol. The van der Waals surface area contributed by atoms with Gasteiger partial charge >= 0.3 is 5.00 Å². The molecule has 1 heterocycles. The van der Waals surface area contributed by atoms with Crippen LogP contribution in [0.25, 0.3) is 0 Å². The van der Waals surface area contributed by atoms with E-state index in [4.69, 9.17) is 10.5 Å². The van der Waals surface area contributed by atoms with Gasteiger partial charge in [-0.3, -0.25) is 10.1 Å². The minimum atomic E-state index is -0.904. The molecule has 0 aliphatic rings. The van der Waals surface area contributed by atoms with Gasteiger partial charge in [0.25, 0.3) is 0 Å². The first-order chi connectivity index (χ1) is 6.19. The van der Waals surface area contributed by atoms with Gasteiger partial charge in [-0.15, -0.1) is 0 Å². The van der Waals surface area contributed by atoms with Gasteiger partial charge < -0.3 is 0 Å². The van der Waals surface area contributed by atoms with Crippen molar-refractivity contribution in [3.63, 3.8) is 0 Å². The molecular formula is C7H3N3O2S.